The number of amides is 4. The lowest BCUT2D eigenvalue weighted by Gasteiger charge is -2.28. The molecule has 0 saturated carbocycles. The van der Waals surface area contributed by atoms with E-state index in [-0.39, 0.29) is 28.9 Å². The molecule has 1 atom stereocenters. The number of carbonyl (C=O) groups excluding carboxylic acids is 3. The molecule has 10 nitrogen and oxygen atoms in total. The van der Waals surface area contributed by atoms with Crippen LogP contribution in [0.5, 0.6) is 5.75 Å². The van der Waals surface area contributed by atoms with E-state index in [1.165, 1.54) is 0 Å². The largest absolute Gasteiger partial charge is 0.496 e. The predicted octanol–water partition coefficient (Wildman–Crippen LogP) is 2.73. The Morgan fingerprint density at radius 2 is 1.81 bits per heavy atom. The number of carbonyl (C=O) groups is 3. The zero-order valence-electron chi connectivity index (χ0n) is 24.2. The van der Waals surface area contributed by atoms with Gasteiger partial charge in [0.2, 0.25) is 5.54 Å². The number of nitrogens with zero attached hydrogens (tertiary/aromatic N) is 4. The monoisotopic (exact) mass is 578 g/mol. The number of aromatic nitrogens is 1. The summed E-state index contributed by atoms with van der Waals surface area (Å²) in [5, 5.41) is 2.89. The lowest BCUT2D eigenvalue weighted by atomic mass is 9.98. The van der Waals surface area contributed by atoms with Crippen molar-refractivity contribution in [2.75, 3.05) is 57.9 Å². The van der Waals surface area contributed by atoms with Crippen LogP contribution in [0.1, 0.15) is 27.0 Å². The van der Waals surface area contributed by atoms with Crippen molar-refractivity contribution in [3.05, 3.63) is 76.9 Å². The number of rotatable bonds is 5. The number of imide groups is 1. The predicted molar refractivity (Wildman–Crippen MR) is 158 cm³/mol. The first-order valence-electron chi connectivity index (χ1n) is 14.5. The number of hydrogen-bond donors (Lipinski definition) is 1. The molecule has 10 heteroatoms. The Morgan fingerprint density at radius 3 is 2.51 bits per heavy atom. The van der Waals surface area contributed by atoms with Crippen molar-refractivity contribution >= 4 is 23.7 Å². The molecular weight excluding hydrogens is 546 g/mol. The van der Waals surface area contributed by atoms with Gasteiger partial charge in [-0.05, 0) is 42.8 Å². The third kappa shape index (κ3) is 4.52. The second-order valence-corrected chi connectivity index (χ2v) is 11.5. The Hall–Kier alpha value is -4.72. The van der Waals surface area contributed by atoms with Gasteiger partial charge in [-0.1, -0.05) is 36.1 Å². The average Bonchev–Trinajstić information content (AvgIpc) is 3.76. The number of nitrogens with one attached hydrogen (secondary N) is 1. The van der Waals surface area contributed by atoms with E-state index in [4.69, 9.17) is 14.5 Å². The van der Waals surface area contributed by atoms with Gasteiger partial charge in [0.05, 0.1) is 38.1 Å². The van der Waals surface area contributed by atoms with Crippen LogP contribution in [0.25, 0.3) is 11.3 Å². The van der Waals surface area contributed by atoms with Crippen LogP contribution in [0.3, 0.4) is 0 Å². The van der Waals surface area contributed by atoms with Gasteiger partial charge < -0.3 is 19.3 Å². The standard InChI is InChI=1S/C33H31N5O5/c1-22-27(42-2)11-10-25-20-37(30(39)29(22)25)21-33(31(40)38(16-17-38)32(41)35-33)13-12-23-6-8-24(9-7-23)26-4-3-5-28(34-26)36-14-18-43-19-15-36/h3-11H,14-21H2,1-2H3/p+1. The topological polar surface area (TPSA) is 101 Å². The lowest BCUT2D eigenvalue weighted by molar-refractivity contribution is -0.621. The summed E-state index contributed by atoms with van der Waals surface area (Å²) in [5.74, 6) is 7.29. The first kappa shape index (κ1) is 27.1. The molecule has 4 aliphatic rings. The molecule has 218 valence electrons. The second-order valence-electron chi connectivity index (χ2n) is 11.5. The van der Waals surface area contributed by atoms with Crippen LogP contribution in [-0.2, 0) is 16.1 Å². The maximum Gasteiger partial charge on any atom is 0.426 e. The SMILES string of the molecule is COc1ccc2c(c1C)C(=O)N(CC1(C#Cc3ccc(-c4cccc(N5CCOCC5)n4)cc3)NC(=O)[N+]3(CC3)C1=O)C2. The highest BCUT2D eigenvalue weighted by molar-refractivity contribution is 6.04. The summed E-state index contributed by atoms with van der Waals surface area (Å²) < 4.78 is 10.6. The van der Waals surface area contributed by atoms with Crippen LogP contribution < -0.4 is 15.0 Å². The third-order valence-electron chi connectivity index (χ3n) is 8.82. The number of urea groups is 1. The number of benzene rings is 2. The van der Waals surface area contributed by atoms with E-state index < -0.39 is 5.54 Å². The van der Waals surface area contributed by atoms with Gasteiger partial charge in [-0.15, -0.1) is 0 Å². The minimum absolute atomic E-state index is 0.0316. The van der Waals surface area contributed by atoms with Gasteiger partial charge >= 0.3 is 11.9 Å². The maximum absolute atomic E-state index is 13.8. The summed E-state index contributed by atoms with van der Waals surface area (Å²) >= 11 is 0. The summed E-state index contributed by atoms with van der Waals surface area (Å²) in [6.07, 6.45) is 0. The van der Waals surface area contributed by atoms with Crippen molar-refractivity contribution in [1.29, 1.82) is 0 Å². The highest BCUT2D eigenvalue weighted by Gasteiger charge is 2.71. The molecule has 0 aliphatic carbocycles. The molecule has 4 amide bonds. The van der Waals surface area contributed by atoms with Gasteiger partial charge in [0, 0.05) is 36.3 Å². The minimum atomic E-state index is -1.50. The molecule has 43 heavy (non-hydrogen) atoms. The molecule has 5 heterocycles. The van der Waals surface area contributed by atoms with Gasteiger partial charge in [-0.2, -0.15) is 4.48 Å². The molecule has 1 spiro atoms. The number of methoxy groups -OCH3 is 1. The molecule has 1 N–H and O–H groups in total. The summed E-state index contributed by atoms with van der Waals surface area (Å²) in [6.45, 7) is 6.05. The van der Waals surface area contributed by atoms with Crippen LogP contribution in [0.15, 0.2) is 54.6 Å². The molecule has 0 bridgehead atoms. The average molecular weight is 579 g/mol. The first-order chi connectivity index (χ1) is 20.8. The van der Waals surface area contributed by atoms with Crippen molar-refractivity contribution in [3.8, 4) is 28.8 Å². The highest BCUT2D eigenvalue weighted by Crippen LogP contribution is 2.37. The molecule has 2 aromatic carbocycles. The first-order valence-corrected chi connectivity index (χ1v) is 14.5. The van der Waals surface area contributed by atoms with Crippen LogP contribution >= 0.6 is 0 Å². The van der Waals surface area contributed by atoms with Crippen molar-refractivity contribution in [2.45, 2.75) is 19.0 Å². The number of anilines is 1. The second kappa shape index (κ2) is 10.2. The zero-order chi connectivity index (χ0) is 29.8. The molecule has 3 aromatic rings. The molecule has 3 saturated heterocycles. The Morgan fingerprint density at radius 1 is 1.05 bits per heavy atom. The summed E-state index contributed by atoms with van der Waals surface area (Å²) in [7, 11) is 1.57. The van der Waals surface area contributed by atoms with Crippen molar-refractivity contribution in [2.24, 2.45) is 0 Å². The number of morpholine rings is 1. The number of hydrogen-bond acceptors (Lipinski definition) is 7. The number of ether oxygens (including phenoxy) is 2. The quantitative estimate of drug-likeness (QED) is 0.215. The van der Waals surface area contributed by atoms with Crippen molar-refractivity contribution < 1.29 is 28.3 Å². The Kier molecular flexibility index (Phi) is 6.45. The lowest BCUT2D eigenvalue weighted by Crippen LogP contribution is -2.54. The fourth-order valence-electron chi connectivity index (χ4n) is 6.24. The smallest absolute Gasteiger partial charge is 0.426 e. The number of fused-ring (bicyclic) bond motifs is 1. The molecule has 4 aliphatic heterocycles. The van der Waals surface area contributed by atoms with Crippen LogP contribution in [0.4, 0.5) is 10.6 Å². The maximum atomic E-state index is 13.8. The molecule has 0 radical (unpaired) electrons. The van der Waals surface area contributed by atoms with E-state index in [0.29, 0.717) is 49.7 Å². The molecule has 7 rings (SSSR count). The Bertz CT molecular complexity index is 1720. The fraction of sp³-hybridized carbons (Fsp3) is 0.333. The molecule has 1 aromatic heterocycles. The van der Waals surface area contributed by atoms with Crippen molar-refractivity contribution in [3.63, 3.8) is 0 Å². The van der Waals surface area contributed by atoms with E-state index in [1.54, 1.807) is 12.0 Å². The van der Waals surface area contributed by atoms with Gasteiger partial charge in [0.25, 0.3) is 5.91 Å². The molecular formula is C33H32N5O5+. The van der Waals surface area contributed by atoms with Crippen LogP contribution in [0.2, 0.25) is 0 Å². The summed E-state index contributed by atoms with van der Waals surface area (Å²) in [4.78, 5) is 49.0. The van der Waals surface area contributed by atoms with Gasteiger partial charge in [-0.3, -0.25) is 10.1 Å². The zero-order valence-corrected chi connectivity index (χ0v) is 24.2. The Balaban J connectivity index is 1.16. The normalized spacial score (nSPS) is 21.9. The number of quaternary nitrogens is 1. The van der Waals surface area contributed by atoms with Crippen LogP contribution in [0, 0.1) is 18.8 Å². The molecule has 3 fully saturated rings. The van der Waals surface area contributed by atoms with Gasteiger partial charge in [0.15, 0.2) is 0 Å². The fourth-order valence-corrected chi connectivity index (χ4v) is 6.24. The highest BCUT2D eigenvalue weighted by atomic mass is 16.5. The molecule has 1 unspecified atom stereocenters. The van der Waals surface area contributed by atoms with Crippen molar-refractivity contribution in [1.82, 2.24) is 15.2 Å². The number of pyridine rings is 1. The van der Waals surface area contributed by atoms with E-state index in [0.717, 1.165) is 41.3 Å². The van der Waals surface area contributed by atoms with E-state index >= 15 is 0 Å². The van der Waals surface area contributed by atoms with E-state index in [9.17, 15) is 14.4 Å². The van der Waals surface area contributed by atoms with E-state index in [1.807, 2.05) is 61.5 Å². The van der Waals surface area contributed by atoms with Crippen LogP contribution in [-0.4, -0.2) is 90.8 Å². The van der Waals surface area contributed by atoms with Gasteiger partial charge in [-0.25, -0.2) is 14.6 Å². The Labute approximate surface area is 249 Å². The van der Waals surface area contributed by atoms with Gasteiger partial charge in [0.1, 0.15) is 24.7 Å². The summed E-state index contributed by atoms with van der Waals surface area (Å²) in [6, 6.07) is 17.0. The summed E-state index contributed by atoms with van der Waals surface area (Å²) in [5.41, 5.74) is 3.18. The minimum Gasteiger partial charge on any atom is -0.496 e. The third-order valence-corrected chi connectivity index (χ3v) is 8.82. The van der Waals surface area contributed by atoms with E-state index in [2.05, 4.69) is 22.1 Å².